The number of ether oxygens (including phenoxy) is 1. The number of amides is 3. The Morgan fingerprint density at radius 1 is 1.30 bits per heavy atom. The molecule has 3 fully saturated rings. The van der Waals surface area contributed by atoms with E-state index in [2.05, 4.69) is 36.2 Å². The Kier molecular flexibility index (Phi) is 9.16. The highest BCUT2D eigenvalue weighted by atomic mass is 16.5. The van der Waals surface area contributed by atoms with E-state index < -0.39 is 17.5 Å². The van der Waals surface area contributed by atoms with Gasteiger partial charge in [0.2, 0.25) is 5.91 Å². The summed E-state index contributed by atoms with van der Waals surface area (Å²) in [5.41, 5.74) is 6.05. The Hall–Kier alpha value is -2.11. The van der Waals surface area contributed by atoms with E-state index in [1.165, 1.54) is 24.8 Å². The quantitative estimate of drug-likeness (QED) is 0.542. The van der Waals surface area contributed by atoms with Gasteiger partial charge < -0.3 is 20.7 Å². The number of nitrogens with zero attached hydrogens (tertiary/aromatic N) is 3. The van der Waals surface area contributed by atoms with Crippen LogP contribution in [0.25, 0.3) is 0 Å². The monoisotopic (exact) mass is 459 g/mol. The summed E-state index contributed by atoms with van der Waals surface area (Å²) in [7, 11) is 0. The predicted molar refractivity (Wildman–Crippen MR) is 127 cm³/mol. The van der Waals surface area contributed by atoms with Crippen molar-refractivity contribution in [2.45, 2.75) is 76.8 Å². The van der Waals surface area contributed by atoms with Crippen LogP contribution in [0.3, 0.4) is 0 Å². The van der Waals surface area contributed by atoms with Crippen molar-refractivity contribution in [1.29, 1.82) is 5.26 Å². The Balaban J connectivity index is 1.75. The minimum absolute atomic E-state index is 0.147. The summed E-state index contributed by atoms with van der Waals surface area (Å²) in [5, 5.41) is 13.2. The van der Waals surface area contributed by atoms with E-state index >= 15 is 0 Å². The molecule has 8 heteroatoms. The maximum absolute atomic E-state index is 13.7. The zero-order valence-electron chi connectivity index (χ0n) is 20.4. The van der Waals surface area contributed by atoms with Gasteiger partial charge in [-0.3, -0.25) is 9.69 Å². The molecule has 3 N–H and O–H groups in total. The van der Waals surface area contributed by atoms with Crippen LogP contribution in [0.15, 0.2) is 11.6 Å². The fourth-order valence-corrected chi connectivity index (χ4v) is 5.79. The Labute approximate surface area is 198 Å². The molecule has 0 aromatic carbocycles. The average Bonchev–Trinajstić information content (AvgIpc) is 3.20. The molecule has 2 heterocycles. The van der Waals surface area contributed by atoms with Crippen LogP contribution in [0.2, 0.25) is 0 Å². The molecular formula is C25H41N5O3. The molecular weight excluding hydrogens is 418 g/mol. The minimum Gasteiger partial charge on any atom is -0.377 e. The lowest BCUT2D eigenvalue weighted by Crippen LogP contribution is -2.59. The summed E-state index contributed by atoms with van der Waals surface area (Å²) in [4.78, 5) is 29.7. The number of hydrogen-bond donors (Lipinski definition) is 2. The number of primary amides is 1. The van der Waals surface area contributed by atoms with Crippen LogP contribution in [0.4, 0.5) is 4.79 Å². The van der Waals surface area contributed by atoms with E-state index in [4.69, 9.17) is 10.5 Å². The van der Waals surface area contributed by atoms with Gasteiger partial charge in [-0.2, -0.15) is 5.26 Å². The smallest absolute Gasteiger partial charge is 0.315 e. The molecule has 3 rings (SSSR count). The van der Waals surface area contributed by atoms with Crippen LogP contribution >= 0.6 is 0 Å². The number of carbonyl (C=O) groups is 2. The maximum Gasteiger partial charge on any atom is 0.315 e. The fourth-order valence-electron chi connectivity index (χ4n) is 5.79. The van der Waals surface area contributed by atoms with Crippen molar-refractivity contribution in [2.75, 3.05) is 39.4 Å². The molecule has 0 spiro atoms. The van der Waals surface area contributed by atoms with E-state index in [1.54, 1.807) is 4.90 Å². The predicted octanol–water partition coefficient (Wildman–Crippen LogP) is 2.79. The van der Waals surface area contributed by atoms with Crippen molar-refractivity contribution in [3.63, 3.8) is 0 Å². The lowest BCUT2D eigenvalue weighted by Gasteiger charge is -2.40. The first-order valence-corrected chi connectivity index (χ1v) is 12.6. The molecule has 184 valence electrons. The molecule has 0 bridgehead atoms. The Morgan fingerprint density at radius 2 is 2.06 bits per heavy atom. The van der Waals surface area contributed by atoms with Crippen LogP contribution in [-0.2, 0) is 9.53 Å². The van der Waals surface area contributed by atoms with E-state index in [0.29, 0.717) is 45.1 Å². The van der Waals surface area contributed by atoms with Crippen molar-refractivity contribution in [3.05, 3.63) is 11.6 Å². The lowest BCUT2D eigenvalue weighted by atomic mass is 9.79. The SMILES string of the molecule is CCC=C(C)CN1CCC(C#N)(NC(=O)C(CC2CCCCC2)C2COCCN2C(N)=O)C1. The van der Waals surface area contributed by atoms with Gasteiger partial charge in [-0.05, 0) is 32.1 Å². The molecule has 2 saturated heterocycles. The average molecular weight is 460 g/mol. The molecule has 0 radical (unpaired) electrons. The van der Waals surface area contributed by atoms with Gasteiger partial charge >= 0.3 is 6.03 Å². The largest absolute Gasteiger partial charge is 0.377 e. The third kappa shape index (κ3) is 6.70. The molecule has 0 aromatic heterocycles. The van der Waals surface area contributed by atoms with E-state index in [1.807, 2.05) is 0 Å². The first kappa shape index (κ1) is 25.5. The number of hydrogen-bond acceptors (Lipinski definition) is 5. The van der Waals surface area contributed by atoms with Gasteiger partial charge in [0.25, 0.3) is 0 Å². The normalized spacial score (nSPS) is 28.3. The standard InChI is InChI=1S/C25H41N5O3/c1-3-7-19(2)15-29-11-10-25(17-26,18-29)28-23(31)21(14-20-8-5-4-6-9-20)22-16-33-13-12-30(22)24(27)32/h7,20-22H,3-6,8-16,18H2,1-2H3,(H2,27,32)(H,28,31). The minimum atomic E-state index is -0.901. The van der Waals surface area contributed by atoms with Crippen LogP contribution in [0.1, 0.15) is 65.2 Å². The number of carbonyl (C=O) groups excluding carboxylic acids is 2. The van der Waals surface area contributed by atoms with Crippen LogP contribution in [-0.4, -0.2) is 72.7 Å². The Bertz CT molecular complexity index is 758. The van der Waals surface area contributed by atoms with Crippen molar-refractivity contribution in [1.82, 2.24) is 15.1 Å². The molecule has 3 aliphatic rings. The van der Waals surface area contributed by atoms with Crippen LogP contribution < -0.4 is 11.1 Å². The molecule has 0 aromatic rings. The summed E-state index contributed by atoms with van der Waals surface area (Å²) in [5.74, 6) is -0.125. The summed E-state index contributed by atoms with van der Waals surface area (Å²) < 4.78 is 5.68. The second kappa shape index (κ2) is 11.8. The van der Waals surface area contributed by atoms with Gasteiger partial charge in [-0.1, -0.05) is 50.7 Å². The van der Waals surface area contributed by atoms with Crippen molar-refractivity contribution in [3.8, 4) is 6.07 Å². The Morgan fingerprint density at radius 3 is 2.73 bits per heavy atom. The zero-order valence-corrected chi connectivity index (χ0v) is 20.4. The van der Waals surface area contributed by atoms with E-state index in [9.17, 15) is 14.9 Å². The molecule has 3 amide bonds. The third-order valence-electron chi connectivity index (χ3n) is 7.51. The van der Waals surface area contributed by atoms with Gasteiger partial charge in [0, 0.05) is 26.2 Å². The summed E-state index contributed by atoms with van der Waals surface area (Å²) in [6, 6.07) is 1.51. The first-order chi connectivity index (χ1) is 15.9. The van der Waals surface area contributed by atoms with Gasteiger partial charge in [0.15, 0.2) is 0 Å². The summed E-state index contributed by atoms with van der Waals surface area (Å²) in [6.45, 7) is 7.45. The van der Waals surface area contributed by atoms with E-state index in [-0.39, 0.29) is 11.9 Å². The van der Waals surface area contributed by atoms with Crippen LogP contribution in [0, 0.1) is 23.2 Å². The van der Waals surface area contributed by atoms with Crippen LogP contribution in [0.5, 0.6) is 0 Å². The van der Waals surface area contributed by atoms with Gasteiger partial charge in [-0.15, -0.1) is 0 Å². The molecule has 2 aliphatic heterocycles. The molecule has 3 unspecified atom stereocenters. The maximum atomic E-state index is 13.7. The number of allylic oxidation sites excluding steroid dienone is 1. The van der Waals surface area contributed by atoms with Gasteiger partial charge in [-0.25, -0.2) is 4.79 Å². The van der Waals surface area contributed by atoms with Crippen molar-refractivity contribution >= 4 is 11.9 Å². The second-order valence-corrected chi connectivity index (χ2v) is 10.1. The summed E-state index contributed by atoms with van der Waals surface area (Å²) >= 11 is 0. The fraction of sp³-hybridized carbons (Fsp3) is 0.800. The van der Waals surface area contributed by atoms with Crippen molar-refractivity contribution < 1.29 is 14.3 Å². The third-order valence-corrected chi connectivity index (χ3v) is 7.51. The molecule has 33 heavy (non-hydrogen) atoms. The number of morpholine rings is 1. The lowest BCUT2D eigenvalue weighted by molar-refractivity contribution is -0.131. The number of rotatable bonds is 8. The highest BCUT2D eigenvalue weighted by Crippen LogP contribution is 2.33. The highest BCUT2D eigenvalue weighted by Gasteiger charge is 2.44. The summed E-state index contributed by atoms with van der Waals surface area (Å²) in [6.07, 6.45) is 10.3. The van der Waals surface area contributed by atoms with Crippen molar-refractivity contribution in [2.24, 2.45) is 17.6 Å². The van der Waals surface area contributed by atoms with Gasteiger partial charge in [0.1, 0.15) is 5.54 Å². The highest BCUT2D eigenvalue weighted by molar-refractivity contribution is 5.82. The molecule has 1 saturated carbocycles. The molecule has 3 atom stereocenters. The molecule has 1 aliphatic carbocycles. The number of nitrogens with two attached hydrogens (primary N) is 1. The van der Waals surface area contributed by atoms with Gasteiger partial charge in [0.05, 0.1) is 31.2 Å². The first-order valence-electron chi connectivity index (χ1n) is 12.6. The number of nitriles is 1. The molecule has 8 nitrogen and oxygen atoms in total. The number of likely N-dealkylation sites (tertiary alicyclic amines) is 1. The number of urea groups is 1. The topological polar surface area (TPSA) is 112 Å². The number of nitrogens with one attached hydrogen (secondary N) is 1. The second-order valence-electron chi connectivity index (χ2n) is 10.1. The zero-order chi connectivity index (χ0) is 23.8. The van der Waals surface area contributed by atoms with E-state index in [0.717, 1.165) is 32.4 Å².